The smallest absolute Gasteiger partial charge is 0.131 e. The molecule has 0 aliphatic carbocycles. The Bertz CT molecular complexity index is 328. The fraction of sp³-hybridized carbons (Fsp3) is 0.538. The summed E-state index contributed by atoms with van der Waals surface area (Å²) in [4.78, 5) is 0. The molecule has 0 radical (unpaired) electrons. The van der Waals surface area contributed by atoms with Crippen LogP contribution in [0.5, 0.6) is 5.75 Å². The number of benzene rings is 1. The monoisotopic (exact) mass is 225 g/mol. The SMILES string of the molecule is CCCOc1cccc(F)c1C(C)NCC. The molecule has 0 spiro atoms. The fourth-order valence-electron chi connectivity index (χ4n) is 1.68. The van der Waals surface area contributed by atoms with E-state index in [1.54, 1.807) is 6.07 Å². The van der Waals surface area contributed by atoms with Gasteiger partial charge in [-0.1, -0.05) is 19.9 Å². The Kier molecular flexibility index (Phi) is 5.26. The molecular weight excluding hydrogens is 205 g/mol. The first kappa shape index (κ1) is 13.0. The van der Waals surface area contributed by atoms with Gasteiger partial charge in [0.25, 0.3) is 0 Å². The summed E-state index contributed by atoms with van der Waals surface area (Å²) < 4.78 is 19.3. The summed E-state index contributed by atoms with van der Waals surface area (Å²) in [6.07, 6.45) is 0.922. The van der Waals surface area contributed by atoms with Gasteiger partial charge < -0.3 is 10.1 Å². The van der Waals surface area contributed by atoms with Crippen LogP contribution in [0.25, 0.3) is 0 Å². The number of hydrogen-bond acceptors (Lipinski definition) is 2. The maximum Gasteiger partial charge on any atom is 0.131 e. The van der Waals surface area contributed by atoms with E-state index < -0.39 is 0 Å². The summed E-state index contributed by atoms with van der Waals surface area (Å²) in [5.74, 6) is 0.442. The van der Waals surface area contributed by atoms with Crippen molar-refractivity contribution in [2.24, 2.45) is 0 Å². The van der Waals surface area contributed by atoms with Gasteiger partial charge >= 0.3 is 0 Å². The van der Waals surface area contributed by atoms with E-state index in [9.17, 15) is 4.39 Å². The lowest BCUT2D eigenvalue weighted by Crippen LogP contribution is -2.19. The highest BCUT2D eigenvalue weighted by molar-refractivity contribution is 5.37. The standard InChI is InChI=1S/C13H20FNO/c1-4-9-16-12-8-6-7-11(14)13(12)10(3)15-5-2/h6-8,10,15H,4-5,9H2,1-3H3. The van der Waals surface area contributed by atoms with Gasteiger partial charge in [0.05, 0.1) is 6.61 Å². The largest absolute Gasteiger partial charge is 0.493 e. The van der Waals surface area contributed by atoms with E-state index in [4.69, 9.17) is 4.74 Å². The van der Waals surface area contributed by atoms with Crippen molar-refractivity contribution in [2.45, 2.75) is 33.2 Å². The molecule has 1 aromatic rings. The molecule has 1 atom stereocenters. The van der Waals surface area contributed by atoms with Crippen molar-refractivity contribution in [3.63, 3.8) is 0 Å². The van der Waals surface area contributed by atoms with Crippen molar-refractivity contribution in [3.8, 4) is 5.75 Å². The lowest BCUT2D eigenvalue weighted by atomic mass is 10.1. The van der Waals surface area contributed by atoms with Crippen LogP contribution < -0.4 is 10.1 Å². The second-order valence-corrected chi connectivity index (χ2v) is 3.78. The lowest BCUT2D eigenvalue weighted by Gasteiger charge is -2.18. The van der Waals surface area contributed by atoms with Gasteiger partial charge in [-0.3, -0.25) is 0 Å². The van der Waals surface area contributed by atoms with E-state index in [2.05, 4.69) is 5.32 Å². The molecule has 16 heavy (non-hydrogen) atoms. The molecule has 0 heterocycles. The van der Waals surface area contributed by atoms with Crippen LogP contribution >= 0.6 is 0 Å². The molecule has 1 unspecified atom stereocenters. The fourth-order valence-corrected chi connectivity index (χ4v) is 1.68. The van der Waals surface area contributed by atoms with Crippen molar-refractivity contribution in [1.82, 2.24) is 5.32 Å². The molecule has 3 heteroatoms. The summed E-state index contributed by atoms with van der Waals surface area (Å²) in [5, 5.41) is 3.20. The molecule has 0 aromatic heterocycles. The number of rotatable bonds is 6. The number of nitrogens with one attached hydrogen (secondary N) is 1. The zero-order valence-electron chi connectivity index (χ0n) is 10.2. The average molecular weight is 225 g/mol. The molecule has 2 nitrogen and oxygen atoms in total. The van der Waals surface area contributed by atoms with Gasteiger partial charge in [-0.05, 0) is 32.0 Å². The molecule has 0 aliphatic heterocycles. The summed E-state index contributed by atoms with van der Waals surface area (Å²) in [6.45, 7) is 7.41. The average Bonchev–Trinajstić information content (AvgIpc) is 2.26. The molecule has 0 aliphatic rings. The summed E-state index contributed by atoms with van der Waals surface area (Å²) in [6, 6.07) is 4.95. The van der Waals surface area contributed by atoms with Gasteiger partial charge in [0.1, 0.15) is 11.6 Å². The van der Waals surface area contributed by atoms with Gasteiger partial charge in [0.2, 0.25) is 0 Å². The highest BCUT2D eigenvalue weighted by Crippen LogP contribution is 2.27. The van der Waals surface area contributed by atoms with Crippen LogP contribution in [0.1, 0.15) is 38.8 Å². The molecule has 90 valence electrons. The first-order valence-electron chi connectivity index (χ1n) is 5.85. The van der Waals surface area contributed by atoms with Crippen molar-refractivity contribution in [1.29, 1.82) is 0 Å². The predicted molar refractivity (Wildman–Crippen MR) is 64.3 cm³/mol. The van der Waals surface area contributed by atoms with Crippen LogP contribution in [-0.4, -0.2) is 13.2 Å². The molecule has 0 bridgehead atoms. The summed E-state index contributed by atoms with van der Waals surface area (Å²) in [7, 11) is 0. The van der Waals surface area contributed by atoms with Crippen LogP contribution in [-0.2, 0) is 0 Å². The first-order chi connectivity index (χ1) is 7.70. The van der Waals surface area contributed by atoms with Crippen LogP contribution in [0, 0.1) is 5.82 Å². The van der Waals surface area contributed by atoms with E-state index in [0.29, 0.717) is 17.9 Å². The predicted octanol–water partition coefficient (Wildman–Crippen LogP) is 3.29. The Balaban J connectivity index is 2.93. The van der Waals surface area contributed by atoms with E-state index in [0.717, 1.165) is 13.0 Å². The Morgan fingerprint density at radius 2 is 2.12 bits per heavy atom. The molecule has 0 fully saturated rings. The lowest BCUT2D eigenvalue weighted by molar-refractivity contribution is 0.308. The summed E-state index contributed by atoms with van der Waals surface area (Å²) in [5.41, 5.74) is 0.623. The van der Waals surface area contributed by atoms with Gasteiger partial charge in [-0.15, -0.1) is 0 Å². The zero-order valence-corrected chi connectivity index (χ0v) is 10.2. The minimum atomic E-state index is -0.206. The van der Waals surface area contributed by atoms with Gasteiger partial charge in [-0.25, -0.2) is 4.39 Å². The molecule has 1 N–H and O–H groups in total. The van der Waals surface area contributed by atoms with Crippen LogP contribution in [0.4, 0.5) is 4.39 Å². The Hall–Kier alpha value is -1.09. The van der Waals surface area contributed by atoms with Crippen LogP contribution in [0.3, 0.4) is 0 Å². The summed E-state index contributed by atoms with van der Waals surface area (Å²) >= 11 is 0. The van der Waals surface area contributed by atoms with E-state index >= 15 is 0 Å². The first-order valence-corrected chi connectivity index (χ1v) is 5.85. The zero-order chi connectivity index (χ0) is 12.0. The second-order valence-electron chi connectivity index (χ2n) is 3.78. The van der Waals surface area contributed by atoms with Gasteiger partial charge in [-0.2, -0.15) is 0 Å². The Morgan fingerprint density at radius 3 is 2.75 bits per heavy atom. The van der Waals surface area contributed by atoms with Crippen molar-refractivity contribution >= 4 is 0 Å². The van der Waals surface area contributed by atoms with Gasteiger partial charge in [0.15, 0.2) is 0 Å². The minimum Gasteiger partial charge on any atom is -0.493 e. The Morgan fingerprint density at radius 1 is 1.38 bits per heavy atom. The van der Waals surface area contributed by atoms with E-state index in [1.807, 2.05) is 26.8 Å². The highest BCUT2D eigenvalue weighted by atomic mass is 19.1. The Labute approximate surface area is 96.8 Å². The topological polar surface area (TPSA) is 21.3 Å². The quantitative estimate of drug-likeness (QED) is 0.802. The third kappa shape index (κ3) is 3.20. The third-order valence-electron chi connectivity index (χ3n) is 2.42. The van der Waals surface area contributed by atoms with E-state index in [-0.39, 0.29) is 11.9 Å². The molecule has 0 amide bonds. The van der Waals surface area contributed by atoms with Crippen molar-refractivity contribution in [2.75, 3.05) is 13.2 Å². The number of hydrogen-bond donors (Lipinski definition) is 1. The molecule has 0 saturated heterocycles. The minimum absolute atomic E-state index is 0.0296. The van der Waals surface area contributed by atoms with Crippen LogP contribution in [0.2, 0.25) is 0 Å². The maximum atomic E-state index is 13.7. The molecule has 0 saturated carbocycles. The highest BCUT2D eigenvalue weighted by Gasteiger charge is 2.15. The number of halogens is 1. The molecule has 1 rings (SSSR count). The third-order valence-corrected chi connectivity index (χ3v) is 2.42. The molecule has 1 aromatic carbocycles. The van der Waals surface area contributed by atoms with Crippen molar-refractivity contribution in [3.05, 3.63) is 29.6 Å². The normalized spacial score (nSPS) is 12.5. The number of ether oxygens (including phenoxy) is 1. The van der Waals surface area contributed by atoms with Gasteiger partial charge in [0, 0.05) is 11.6 Å². The molecular formula is C13H20FNO. The van der Waals surface area contributed by atoms with Crippen molar-refractivity contribution < 1.29 is 9.13 Å². The van der Waals surface area contributed by atoms with E-state index in [1.165, 1.54) is 6.07 Å². The maximum absolute atomic E-state index is 13.7. The second kappa shape index (κ2) is 6.48. The van der Waals surface area contributed by atoms with Crippen LogP contribution in [0.15, 0.2) is 18.2 Å².